The predicted octanol–water partition coefficient (Wildman–Crippen LogP) is 0.837. The average molecular weight is 508 g/mol. The number of carbonyl (C=O) groups is 1. The summed E-state index contributed by atoms with van der Waals surface area (Å²) in [5, 5.41) is 34.5. The molecule has 2 aromatic rings. The molecular formula is C24H33N3O9. The Morgan fingerprint density at radius 2 is 1.83 bits per heavy atom. The molecule has 0 unspecified atom stereocenters. The van der Waals surface area contributed by atoms with Gasteiger partial charge in [0.25, 0.3) is 0 Å². The van der Waals surface area contributed by atoms with Gasteiger partial charge in [-0.25, -0.2) is 9.59 Å². The summed E-state index contributed by atoms with van der Waals surface area (Å²) in [7, 11) is 3.37. The second kappa shape index (κ2) is 9.87. The molecule has 3 heterocycles. The molecule has 36 heavy (non-hydrogen) atoms. The Labute approximate surface area is 207 Å². The number of aromatic hydroxyl groups is 1. The van der Waals surface area contributed by atoms with Gasteiger partial charge in [0.15, 0.2) is 11.4 Å². The molecule has 2 aliphatic heterocycles. The second-order valence-corrected chi connectivity index (χ2v) is 9.74. The van der Waals surface area contributed by atoms with Gasteiger partial charge in [0, 0.05) is 38.9 Å². The Bertz CT molecular complexity index is 1190. The van der Waals surface area contributed by atoms with E-state index in [1.54, 1.807) is 25.7 Å². The lowest BCUT2D eigenvalue weighted by molar-refractivity contribution is -0.306. The molecule has 4 N–H and O–H groups in total. The molecule has 12 nitrogen and oxygen atoms in total. The summed E-state index contributed by atoms with van der Waals surface area (Å²) in [5.41, 5.74) is -1.83. The standard InChI is InChI=1S/C24H33N3O9/c1-12-14(34-22-18(30)17(29)20(33-5)24(2,3)36-22)7-6-13-16(28)15(21(31)35-19(12)13)25-23(32)27-10-8-26(4)9-11-27/h6-7,17-18,20,22,28-30H,8-11H2,1-5H3,(H,25,32)/t17-,18+,20+,22+/m0/s1. The second-order valence-electron chi connectivity index (χ2n) is 9.74. The zero-order valence-corrected chi connectivity index (χ0v) is 21.0. The molecule has 0 saturated carbocycles. The SMILES string of the molecule is CO[C@@H]1[C@@H](O)[C@@H](O)[C@H](Oc2ccc3c(O)c(NC(=O)N4CCN(C)CC4)c(=O)oc3c2C)OC1(C)C. The summed E-state index contributed by atoms with van der Waals surface area (Å²) < 4.78 is 22.4. The molecule has 4 rings (SSSR count). The number of hydrogen-bond acceptors (Lipinski definition) is 10. The lowest BCUT2D eigenvalue weighted by atomic mass is 9.89. The van der Waals surface area contributed by atoms with Crippen LogP contribution in [-0.2, 0) is 9.47 Å². The fraction of sp³-hybridized carbons (Fsp3) is 0.583. The van der Waals surface area contributed by atoms with E-state index in [0.29, 0.717) is 31.7 Å². The van der Waals surface area contributed by atoms with Gasteiger partial charge in [-0.2, -0.15) is 0 Å². The predicted molar refractivity (Wildman–Crippen MR) is 129 cm³/mol. The van der Waals surface area contributed by atoms with Crippen molar-refractivity contribution in [1.82, 2.24) is 9.80 Å². The van der Waals surface area contributed by atoms with Crippen LogP contribution in [0.15, 0.2) is 21.3 Å². The lowest BCUT2D eigenvalue weighted by Gasteiger charge is -2.46. The first-order valence-corrected chi connectivity index (χ1v) is 11.7. The molecule has 2 amide bonds. The van der Waals surface area contributed by atoms with Crippen LogP contribution in [0.5, 0.6) is 11.5 Å². The maximum atomic E-state index is 12.7. The van der Waals surface area contributed by atoms with Crippen LogP contribution in [0.25, 0.3) is 11.0 Å². The zero-order chi connectivity index (χ0) is 26.4. The Balaban J connectivity index is 1.59. The number of hydrogen-bond donors (Lipinski definition) is 4. The number of benzene rings is 1. The van der Waals surface area contributed by atoms with E-state index in [0.717, 1.165) is 0 Å². The molecule has 0 radical (unpaired) electrons. The molecule has 0 bridgehead atoms. The van der Waals surface area contributed by atoms with Gasteiger partial charge in [0.1, 0.15) is 29.6 Å². The van der Waals surface area contributed by atoms with Gasteiger partial charge < -0.3 is 43.7 Å². The van der Waals surface area contributed by atoms with E-state index < -0.39 is 47.6 Å². The fourth-order valence-electron chi connectivity index (χ4n) is 4.63. The van der Waals surface area contributed by atoms with E-state index in [1.807, 2.05) is 7.05 Å². The Morgan fingerprint density at radius 1 is 1.17 bits per heavy atom. The number of amides is 2. The number of nitrogens with zero attached hydrogens (tertiary/aromatic N) is 2. The van der Waals surface area contributed by atoms with Crippen molar-refractivity contribution in [1.29, 1.82) is 0 Å². The van der Waals surface area contributed by atoms with Crippen LogP contribution in [0.1, 0.15) is 19.4 Å². The Hall–Kier alpha value is -2.90. The first-order valence-electron chi connectivity index (χ1n) is 11.7. The highest BCUT2D eigenvalue weighted by Gasteiger charge is 2.50. The molecule has 2 aliphatic rings. The summed E-state index contributed by atoms with van der Waals surface area (Å²) in [6, 6.07) is 2.48. The molecule has 198 valence electrons. The van der Waals surface area contributed by atoms with E-state index >= 15 is 0 Å². The molecule has 2 fully saturated rings. The van der Waals surface area contributed by atoms with Gasteiger partial charge in [-0.1, -0.05) is 0 Å². The third-order valence-corrected chi connectivity index (χ3v) is 6.81. The van der Waals surface area contributed by atoms with Crippen LogP contribution in [0.2, 0.25) is 0 Å². The van der Waals surface area contributed by atoms with Crippen molar-refractivity contribution in [3.8, 4) is 11.5 Å². The summed E-state index contributed by atoms with van der Waals surface area (Å²) in [6.07, 6.45) is -4.69. The van der Waals surface area contributed by atoms with Crippen molar-refractivity contribution in [2.24, 2.45) is 0 Å². The Morgan fingerprint density at radius 3 is 2.47 bits per heavy atom. The highest BCUT2D eigenvalue weighted by molar-refractivity contribution is 5.97. The van der Waals surface area contributed by atoms with Gasteiger partial charge >= 0.3 is 11.7 Å². The normalized spacial score (nSPS) is 26.7. The van der Waals surface area contributed by atoms with Crippen LogP contribution in [0.4, 0.5) is 10.5 Å². The lowest BCUT2D eigenvalue weighted by Crippen LogP contribution is -2.63. The summed E-state index contributed by atoms with van der Waals surface area (Å²) in [6.45, 7) is 7.41. The van der Waals surface area contributed by atoms with Crippen LogP contribution < -0.4 is 15.7 Å². The van der Waals surface area contributed by atoms with Crippen molar-refractivity contribution in [3.63, 3.8) is 0 Å². The van der Waals surface area contributed by atoms with Crippen LogP contribution in [0.3, 0.4) is 0 Å². The van der Waals surface area contributed by atoms with Crippen molar-refractivity contribution in [2.45, 2.75) is 51.0 Å². The number of aryl methyl sites for hydroxylation is 1. The van der Waals surface area contributed by atoms with Gasteiger partial charge in [0.2, 0.25) is 6.29 Å². The van der Waals surface area contributed by atoms with E-state index in [2.05, 4.69) is 10.2 Å². The zero-order valence-electron chi connectivity index (χ0n) is 21.0. The van der Waals surface area contributed by atoms with E-state index in [9.17, 15) is 24.9 Å². The smallest absolute Gasteiger partial charge is 0.364 e. The van der Waals surface area contributed by atoms with Crippen molar-refractivity contribution >= 4 is 22.7 Å². The molecule has 0 aliphatic carbocycles. The first kappa shape index (κ1) is 26.2. The van der Waals surface area contributed by atoms with E-state index in [4.69, 9.17) is 18.6 Å². The minimum Gasteiger partial charge on any atom is -0.505 e. The maximum Gasteiger partial charge on any atom is 0.364 e. The molecule has 1 aromatic carbocycles. The van der Waals surface area contributed by atoms with Crippen molar-refractivity contribution < 1.29 is 38.7 Å². The number of methoxy groups -OCH3 is 1. The highest BCUT2D eigenvalue weighted by atomic mass is 16.7. The largest absolute Gasteiger partial charge is 0.505 e. The molecule has 1 aromatic heterocycles. The number of aliphatic hydroxyl groups excluding tert-OH is 2. The highest BCUT2D eigenvalue weighted by Crippen LogP contribution is 2.37. The molecule has 0 spiro atoms. The van der Waals surface area contributed by atoms with E-state index in [1.165, 1.54) is 19.2 Å². The Kier molecular flexibility index (Phi) is 7.17. The van der Waals surface area contributed by atoms with Gasteiger partial charge in [-0.15, -0.1) is 0 Å². The summed E-state index contributed by atoms with van der Waals surface area (Å²) >= 11 is 0. The number of likely N-dealkylation sites (N-methyl/N-ethyl adjacent to an activating group) is 1. The van der Waals surface area contributed by atoms with Crippen LogP contribution in [-0.4, -0.2) is 102 Å². The number of urea groups is 1. The number of rotatable bonds is 4. The number of ether oxygens (including phenoxy) is 3. The molecule has 12 heteroatoms. The first-order chi connectivity index (χ1) is 16.9. The number of nitrogens with one attached hydrogen (secondary N) is 1. The number of carbonyl (C=O) groups excluding carboxylic acids is 1. The van der Waals surface area contributed by atoms with Gasteiger partial charge in [-0.05, 0) is 40.0 Å². The number of aliphatic hydroxyl groups is 2. The maximum absolute atomic E-state index is 12.7. The fourth-order valence-corrected chi connectivity index (χ4v) is 4.63. The van der Waals surface area contributed by atoms with E-state index in [-0.39, 0.29) is 22.4 Å². The monoisotopic (exact) mass is 507 g/mol. The van der Waals surface area contributed by atoms with Crippen molar-refractivity contribution in [2.75, 3.05) is 45.7 Å². The summed E-state index contributed by atoms with van der Waals surface area (Å²) in [5.74, 6) is -0.214. The van der Waals surface area contributed by atoms with Gasteiger partial charge in [-0.3, -0.25) is 5.32 Å². The average Bonchev–Trinajstić information content (AvgIpc) is 2.82. The number of anilines is 1. The third-order valence-electron chi connectivity index (χ3n) is 6.81. The molecule has 4 atom stereocenters. The summed E-state index contributed by atoms with van der Waals surface area (Å²) in [4.78, 5) is 29.0. The number of piperazine rings is 1. The minimum absolute atomic E-state index is 0.0486. The molecular weight excluding hydrogens is 474 g/mol. The molecule has 2 saturated heterocycles. The number of fused-ring (bicyclic) bond motifs is 1. The topological polar surface area (TPSA) is 154 Å². The van der Waals surface area contributed by atoms with Crippen LogP contribution in [0, 0.1) is 6.92 Å². The quantitative estimate of drug-likeness (QED) is 0.438. The third kappa shape index (κ3) is 4.74. The minimum atomic E-state index is -1.41. The van der Waals surface area contributed by atoms with Crippen molar-refractivity contribution in [3.05, 3.63) is 28.1 Å². The van der Waals surface area contributed by atoms with Gasteiger partial charge in [0.05, 0.1) is 11.0 Å². The van der Waals surface area contributed by atoms with Crippen LogP contribution >= 0.6 is 0 Å².